The molecule has 0 spiro atoms. The van der Waals surface area contributed by atoms with Gasteiger partial charge in [-0.25, -0.2) is 9.18 Å². The van der Waals surface area contributed by atoms with E-state index in [9.17, 15) is 23.6 Å². The van der Waals surface area contributed by atoms with Gasteiger partial charge in [0.05, 0.1) is 12.1 Å². The monoisotopic (exact) mass is 554 g/mol. The molecule has 0 aliphatic rings. The van der Waals surface area contributed by atoms with Crippen LogP contribution < -0.4 is 10.6 Å². The largest absolute Gasteiger partial charge is 0.445 e. The normalized spacial score (nSPS) is 13.4. The fraction of sp³-hybridized carbons (Fsp3) is 0.500. The van der Waals surface area contributed by atoms with Gasteiger partial charge in [0.2, 0.25) is 5.91 Å². The molecule has 1 unspecified atom stereocenters. The summed E-state index contributed by atoms with van der Waals surface area (Å²) in [5, 5.41) is 5.54. The zero-order valence-electron chi connectivity index (χ0n) is 24.0. The van der Waals surface area contributed by atoms with Gasteiger partial charge in [0.1, 0.15) is 18.7 Å². The van der Waals surface area contributed by atoms with Crippen molar-refractivity contribution in [2.24, 2.45) is 17.8 Å². The van der Waals surface area contributed by atoms with Crippen molar-refractivity contribution in [1.29, 1.82) is 0 Å². The van der Waals surface area contributed by atoms with E-state index in [0.29, 0.717) is 32.0 Å². The van der Waals surface area contributed by atoms with E-state index in [1.54, 1.807) is 12.1 Å². The fourth-order valence-corrected chi connectivity index (χ4v) is 4.58. The second-order valence-electron chi connectivity index (χ2n) is 11.2. The Labute approximate surface area is 237 Å². The van der Waals surface area contributed by atoms with Gasteiger partial charge in [-0.3, -0.25) is 9.59 Å². The molecule has 0 radical (unpaired) electrons. The Kier molecular flexibility index (Phi) is 14.0. The molecule has 2 aromatic rings. The number of halogens is 1. The molecule has 218 valence electrons. The first-order valence-corrected chi connectivity index (χ1v) is 14.1. The number of hydrogen-bond acceptors (Lipinski definition) is 5. The Balaban J connectivity index is 1.91. The van der Waals surface area contributed by atoms with Crippen LogP contribution in [0.4, 0.5) is 9.18 Å². The number of ether oxygens (including phenoxy) is 1. The Morgan fingerprint density at radius 2 is 1.52 bits per heavy atom. The maximum absolute atomic E-state index is 13.2. The molecule has 0 heterocycles. The van der Waals surface area contributed by atoms with E-state index < -0.39 is 18.2 Å². The molecule has 3 atom stereocenters. The first kappa shape index (κ1) is 32.7. The van der Waals surface area contributed by atoms with E-state index >= 15 is 0 Å². The topological polar surface area (TPSA) is 102 Å². The van der Waals surface area contributed by atoms with Crippen molar-refractivity contribution in [1.82, 2.24) is 10.6 Å². The van der Waals surface area contributed by atoms with Gasteiger partial charge in [-0.05, 0) is 67.2 Å². The van der Waals surface area contributed by atoms with Crippen molar-refractivity contribution in [3.63, 3.8) is 0 Å². The molecule has 0 bridgehead atoms. The summed E-state index contributed by atoms with van der Waals surface area (Å²) >= 11 is 0. The summed E-state index contributed by atoms with van der Waals surface area (Å²) < 4.78 is 18.5. The van der Waals surface area contributed by atoms with Gasteiger partial charge in [0, 0.05) is 12.3 Å². The first-order chi connectivity index (χ1) is 19.1. The van der Waals surface area contributed by atoms with E-state index in [0.717, 1.165) is 11.1 Å². The highest BCUT2D eigenvalue weighted by Gasteiger charge is 2.25. The summed E-state index contributed by atoms with van der Waals surface area (Å²) in [6.45, 7) is 8.12. The smallest absolute Gasteiger partial charge is 0.408 e. The average molecular weight is 555 g/mol. The highest BCUT2D eigenvalue weighted by Crippen LogP contribution is 2.20. The van der Waals surface area contributed by atoms with Crippen molar-refractivity contribution >= 4 is 24.1 Å². The molecule has 2 amide bonds. The number of ketones is 1. The number of carbonyl (C=O) groups is 4. The SMILES string of the molecule is CC(C)CC(CCCC(=O)[C@H](CC(C)C)NC(=O)OCc1ccccc1)C(=O)N[C@H](C=O)Cc1ccc(F)cc1. The van der Waals surface area contributed by atoms with Gasteiger partial charge in [-0.15, -0.1) is 0 Å². The molecule has 0 aliphatic heterocycles. The number of benzene rings is 2. The highest BCUT2D eigenvalue weighted by molar-refractivity contribution is 5.87. The summed E-state index contributed by atoms with van der Waals surface area (Å²) in [6.07, 6.45) is 2.59. The van der Waals surface area contributed by atoms with Crippen molar-refractivity contribution in [2.45, 2.75) is 84.9 Å². The highest BCUT2D eigenvalue weighted by atomic mass is 19.1. The Hall–Kier alpha value is -3.55. The quantitative estimate of drug-likeness (QED) is 0.241. The lowest BCUT2D eigenvalue weighted by molar-refractivity contribution is -0.128. The van der Waals surface area contributed by atoms with E-state index in [4.69, 9.17) is 4.74 Å². The molecule has 2 rings (SSSR count). The lowest BCUT2D eigenvalue weighted by atomic mass is 9.89. The van der Waals surface area contributed by atoms with Gasteiger partial charge in [0.15, 0.2) is 5.78 Å². The second kappa shape index (κ2) is 17.2. The molecule has 0 aliphatic carbocycles. The van der Waals surface area contributed by atoms with E-state index in [-0.39, 0.29) is 54.7 Å². The van der Waals surface area contributed by atoms with Crippen LogP contribution in [-0.4, -0.2) is 36.2 Å². The summed E-state index contributed by atoms with van der Waals surface area (Å²) in [7, 11) is 0. The molecule has 2 aromatic carbocycles. The van der Waals surface area contributed by atoms with E-state index in [1.807, 2.05) is 58.0 Å². The van der Waals surface area contributed by atoms with Gasteiger partial charge < -0.3 is 20.2 Å². The molecule has 0 saturated carbocycles. The number of aldehydes is 1. The Bertz CT molecular complexity index is 1070. The minimum absolute atomic E-state index is 0.101. The Morgan fingerprint density at radius 1 is 0.875 bits per heavy atom. The fourth-order valence-electron chi connectivity index (χ4n) is 4.58. The molecular weight excluding hydrogens is 511 g/mol. The number of nitrogens with one attached hydrogen (secondary N) is 2. The number of amides is 2. The zero-order valence-corrected chi connectivity index (χ0v) is 24.0. The standard InChI is InChI=1S/C32H43FN2O5/c1-22(2)17-26(31(38)34-28(20-36)19-24-13-15-27(33)16-14-24)11-8-12-30(37)29(18-23(3)4)35-32(39)40-21-25-9-6-5-7-10-25/h5-7,9-10,13-16,20,22-23,26,28-29H,8,11-12,17-19,21H2,1-4H3,(H,34,38)(H,35,39)/t26?,28-,29-/m0/s1. The van der Waals surface area contributed by atoms with Crippen LogP contribution in [0.25, 0.3) is 0 Å². The van der Waals surface area contributed by atoms with Crippen molar-refractivity contribution in [3.05, 3.63) is 71.5 Å². The van der Waals surface area contributed by atoms with Crippen molar-refractivity contribution < 1.29 is 28.3 Å². The van der Waals surface area contributed by atoms with Gasteiger partial charge in [0.25, 0.3) is 0 Å². The summed E-state index contributed by atoms with van der Waals surface area (Å²) in [4.78, 5) is 50.2. The third-order valence-electron chi connectivity index (χ3n) is 6.56. The molecule has 0 saturated heterocycles. The minimum atomic E-state index is -0.726. The molecule has 0 fully saturated rings. The van der Waals surface area contributed by atoms with Crippen LogP contribution in [0, 0.1) is 23.6 Å². The van der Waals surface area contributed by atoms with Crippen LogP contribution in [0.3, 0.4) is 0 Å². The molecule has 0 aromatic heterocycles. The van der Waals surface area contributed by atoms with Crippen molar-refractivity contribution in [2.75, 3.05) is 0 Å². The lowest BCUT2D eigenvalue weighted by Gasteiger charge is -2.22. The molecule has 7 nitrogen and oxygen atoms in total. The lowest BCUT2D eigenvalue weighted by Crippen LogP contribution is -2.42. The van der Waals surface area contributed by atoms with Crippen LogP contribution in [0.2, 0.25) is 0 Å². The maximum atomic E-state index is 13.2. The number of hydrogen-bond donors (Lipinski definition) is 2. The predicted molar refractivity (Wildman–Crippen MR) is 153 cm³/mol. The van der Waals surface area contributed by atoms with E-state index in [1.165, 1.54) is 12.1 Å². The molecule has 40 heavy (non-hydrogen) atoms. The third kappa shape index (κ3) is 12.5. The summed E-state index contributed by atoms with van der Waals surface area (Å²) in [5.41, 5.74) is 1.60. The third-order valence-corrected chi connectivity index (χ3v) is 6.56. The predicted octanol–water partition coefficient (Wildman–Crippen LogP) is 5.79. The summed E-state index contributed by atoms with van der Waals surface area (Å²) in [6, 6.07) is 13.7. The number of carbonyl (C=O) groups excluding carboxylic acids is 4. The molecule has 8 heteroatoms. The van der Waals surface area contributed by atoms with Gasteiger partial charge in [-0.1, -0.05) is 70.2 Å². The second-order valence-corrected chi connectivity index (χ2v) is 11.2. The molecule has 2 N–H and O–H groups in total. The minimum Gasteiger partial charge on any atom is -0.445 e. The van der Waals surface area contributed by atoms with Crippen LogP contribution in [0.5, 0.6) is 0 Å². The maximum Gasteiger partial charge on any atom is 0.408 e. The van der Waals surface area contributed by atoms with Gasteiger partial charge >= 0.3 is 6.09 Å². The van der Waals surface area contributed by atoms with Crippen molar-refractivity contribution in [3.8, 4) is 0 Å². The van der Waals surface area contributed by atoms with Crippen LogP contribution in [0.1, 0.15) is 70.9 Å². The number of alkyl carbamates (subject to hydrolysis) is 1. The number of rotatable bonds is 17. The Morgan fingerprint density at radius 3 is 2.12 bits per heavy atom. The van der Waals surface area contributed by atoms with Crippen LogP contribution in [-0.2, 0) is 32.1 Å². The first-order valence-electron chi connectivity index (χ1n) is 14.1. The zero-order chi connectivity index (χ0) is 29.5. The van der Waals surface area contributed by atoms with Crippen LogP contribution >= 0.6 is 0 Å². The average Bonchev–Trinajstić information content (AvgIpc) is 2.91. The molecular formula is C32H43FN2O5. The van der Waals surface area contributed by atoms with Crippen LogP contribution in [0.15, 0.2) is 54.6 Å². The number of Topliss-reactive ketones (excluding diaryl/α,β-unsaturated/α-hetero) is 1. The van der Waals surface area contributed by atoms with Gasteiger partial charge in [-0.2, -0.15) is 0 Å². The van der Waals surface area contributed by atoms with E-state index in [2.05, 4.69) is 10.6 Å². The summed E-state index contributed by atoms with van der Waals surface area (Å²) in [5.74, 6) is -0.636.